The maximum Gasteiger partial charge on any atom is 0.196 e. The van der Waals surface area contributed by atoms with Crippen molar-refractivity contribution in [3.05, 3.63) is 46.6 Å². The Labute approximate surface area is 205 Å². The van der Waals surface area contributed by atoms with Crippen LogP contribution in [0.15, 0.2) is 35.4 Å². The van der Waals surface area contributed by atoms with Gasteiger partial charge in [-0.05, 0) is 50.8 Å². The molecule has 0 amide bonds. The van der Waals surface area contributed by atoms with Gasteiger partial charge in [-0.25, -0.2) is 0 Å². The lowest BCUT2D eigenvalue weighted by molar-refractivity contribution is -0.124. The maximum absolute atomic E-state index is 12.7. The number of ether oxygens (including phenoxy) is 1. The van der Waals surface area contributed by atoms with Gasteiger partial charge in [0.2, 0.25) is 0 Å². The fraction of sp³-hybridized carbons (Fsp3) is 0.481. The average Bonchev–Trinajstić information content (AvgIpc) is 2.78. The van der Waals surface area contributed by atoms with Gasteiger partial charge >= 0.3 is 0 Å². The molecule has 0 saturated carbocycles. The van der Waals surface area contributed by atoms with Crippen molar-refractivity contribution < 1.29 is 39.2 Å². The molecule has 3 atom stereocenters. The first-order valence-corrected chi connectivity index (χ1v) is 11.7. The zero-order valence-corrected chi connectivity index (χ0v) is 20.7. The minimum Gasteiger partial charge on any atom is -0.507 e. The fourth-order valence-corrected chi connectivity index (χ4v) is 4.01. The molecule has 35 heavy (non-hydrogen) atoms. The number of carbonyl (C=O) groups is 4. The van der Waals surface area contributed by atoms with E-state index in [0.29, 0.717) is 31.6 Å². The molecule has 1 aliphatic rings. The lowest BCUT2D eigenvalue weighted by Crippen LogP contribution is -2.25. The summed E-state index contributed by atoms with van der Waals surface area (Å²) in [4.78, 5) is 49.0. The highest BCUT2D eigenvalue weighted by atomic mass is 16.5. The summed E-state index contributed by atoms with van der Waals surface area (Å²) < 4.78 is 5.60. The molecule has 0 radical (unpaired) electrons. The van der Waals surface area contributed by atoms with Gasteiger partial charge in [0, 0.05) is 30.9 Å². The van der Waals surface area contributed by atoms with E-state index in [1.807, 2.05) is 13.8 Å². The Kier molecular flexibility index (Phi) is 10.1. The predicted molar refractivity (Wildman–Crippen MR) is 130 cm³/mol. The first-order chi connectivity index (χ1) is 16.5. The second-order valence-corrected chi connectivity index (χ2v) is 9.23. The van der Waals surface area contributed by atoms with Crippen molar-refractivity contribution in [2.45, 2.75) is 59.5 Å². The van der Waals surface area contributed by atoms with Crippen molar-refractivity contribution >= 4 is 23.1 Å². The predicted octanol–water partition coefficient (Wildman–Crippen LogP) is 3.72. The summed E-state index contributed by atoms with van der Waals surface area (Å²) in [5, 5.41) is 30.4. The Morgan fingerprint density at radius 3 is 2.29 bits per heavy atom. The second kappa shape index (κ2) is 12.6. The van der Waals surface area contributed by atoms with Crippen LogP contribution in [0.25, 0.3) is 0 Å². The highest BCUT2D eigenvalue weighted by Gasteiger charge is 2.33. The molecular formula is C27H34O8. The third kappa shape index (κ3) is 7.44. The van der Waals surface area contributed by atoms with Gasteiger partial charge in [-0.3, -0.25) is 19.2 Å². The van der Waals surface area contributed by atoms with Crippen molar-refractivity contribution in [3.8, 4) is 11.5 Å². The Balaban J connectivity index is 1.90. The number of fused-ring (bicyclic) bond motifs is 1. The van der Waals surface area contributed by atoms with Gasteiger partial charge in [0.05, 0.1) is 23.8 Å². The number of allylic oxidation sites excluding steroid dienone is 2. The number of phenolic OH excluding ortho intramolecular Hbond substituents is 2. The maximum atomic E-state index is 12.7. The molecule has 0 bridgehead atoms. The summed E-state index contributed by atoms with van der Waals surface area (Å²) in [7, 11) is 0. The van der Waals surface area contributed by atoms with Crippen molar-refractivity contribution in [3.63, 3.8) is 0 Å². The van der Waals surface area contributed by atoms with Gasteiger partial charge in [-0.1, -0.05) is 25.5 Å². The average molecular weight is 487 g/mol. The largest absolute Gasteiger partial charge is 0.507 e. The summed E-state index contributed by atoms with van der Waals surface area (Å²) in [6.45, 7) is 7.85. The molecule has 2 unspecified atom stereocenters. The first-order valence-electron chi connectivity index (χ1n) is 11.7. The zero-order valence-electron chi connectivity index (χ0n) is 20.7. The fourth-order valence-electron chi connectivity index (χ4n) is 4.01. The third-order valence-electron chi connectivity index (χ3n) is 6.07. The SMILES string of the molecule is CCC(COCC(C)CC(=O)C/C(C)=C/C[C@H](O)C1=CC(=O)c2c(O)ccc(O)c2C1=O)C(C)=O. The van der Waals surface area contributed by atoms with Crippen molar-refractivity contribution in [2.75, 3.05) is 13.2 Å². The lowest BCUT2D eigenvalue weighted by atomic mass is 9.85. The van der Waals surface area contributed by atoms with E-state index >= 15 is 0 Å². The number of phenols is 2. The first kappa shape index (κ1) is 28.1. The molecule has 2 rings (SSSR count). The van der Waals surface area contributed by atoms with Crippen LogP contribution in [-0.4, -0.2) is 57.8 Å². The van der Waals surface area contributed by atoms with E-state index in [2.05, 4.69) is 0 Å². The van der Waals surface area contributed by atoms with Crippen molar-refractivity contribution in [2.24, 2.45) is 11.8 Å². The number of ketones is 4. The highest BCUT2D eigenvalue weighted by molar-refractivity contribution is 6.26. The summed E-state index contributed by atoms with van der Waals surface area (Å²) in [5.74, 6) is -2.32. The number of hydrogen-bond donors (Lipinski definition) is 3. The Bertz CT molecular complexity index is 1050. The molecule has 0 aromatic heterocycles. The van der Waals surface area contributed by atoms with Crippen molar-refractivity contribution in [1.82, 2.24) is 0 Å². The van der Waals surface area contributed by atoms with Crippen LogP contribution in [0, 0.1) is 11.8 Å². The van der Waals surface area contributed by atoms with Crippen LogP contribution in [-0.2, 0) is 14.3 Å². The smallest absolute Gasteiger partial charge is 0.196 e. The monoisotopic (exact) mass is 486 g/mol. The van der Waals surface area contributed by atoms with Crippen LogP contribution < -0.4 is 0 Å². The Morgan fingerprint density at radius 2 is 1.69 bits per heavy atom. The van der Waals surface area contributed by atoms with Gasteiger partial charge in [-0.15, -0.1) is 0 Å². The number of Topliss-reactive ketones (excluding diaryl/α,β-unsaturated/α-hetero) is 3. The van der Waals surface area contributed by atoms with Crippen LogP contribution in [0.2, 0.25) is 0 Å². The summed E-state index contributed by atoms with van der Waals surface area (Å²) in [6.07, 6.45) is 2.49. The molecule has 3 N–H and O–H groups in total. The number of aromatic hydroxyl groups is 2. The van der Waals surface area contributed by atoms with E-state index in [-0.39, 0.29) is 52.9 Å². The molecule has 1 aromatic carbocycles. The van der Waals surface area contributed by atoms with E-state index in [0.717, 1.165) is 18.2 Å². The molecule has 8 nitrogen and oxygen atoms in total. The number of benzene rings is 1. The normalized spacial score (nSPS) is 16.4. The number of carbonyl (C=O) groups excluding carboxylic acids is 4. The number of aliphatic hydroxyl groups excluding tert-OH is 1. The quantitative estimate of drug-likeness (QED) is 0.283. The zero-order chi connectivity index (χ0) is 26.3. The molecule has 0 aliphatic heterocycles. The van der Waals surface area contributed by atoms with Gasteiger partial charge in [-0.2, -0.15) is 0 Å². The minimum atomic E-state index is -1.31. The molecule has 0 heterocycles. The van der Waals surface area contributed by atoms with Gasteiger partial charge in [0.25, 0.3) is 0 Å². The third-order valence-corrected chi connectivity index (χ3v) is 6.07. The van der Waals surface area contributed by atoms with E-state index in [1.165, 1.54) is 0 Å². The summed E-state index contributed by atoms with van der Waals surface area (Å²) >= 11 is 0. The van der Waals surface area contributed by atoms with Crippen LogP contribution in [0.3, 0.4) is 0 Å². The van der Waals surface area contributed by atoms with Crippen LogP contribution in [0.1, 0.15) is 74.1 Å². The topological polar surface area (TPSA) is 138 Å². The molecule has 190 valence electrons. The molecule has 1 aliphatic carbocycles. The van der Waals surface area contributed by atoms with Crippen molar-refractivity contribution in [1.29, 1.82) is 0 Å². The molecule has 8 heteroatoms. The molecular weight excluding hydrogens is 452 g/mol. The molecule has 0 fully saturated rings. The second-order valence-electron chi connectivity index (χ2n) is 9.23. The van der Waals surface area contributed by atoms with Gasteiger partial charge in [0.1, 0.15) is 23.1 Å². The number of rotatable bonds is 13. The Hall–Kier alpha value is -3.10. The molecule has 1 aromatic rings. The molecule has 0 saturated heterocycles. The van der Waals surface area contributed by atoms with Gasteiger partial charge in [0.15, 0.2) is 11.6 Å². The number of hydrogen-bond acceptors (Lipinski definition) is 8. The van der Waals surface area contributed by atoms with Crippen LogP contribution in [0.4, 0.5) is 0 Å². The summed E-state index contributed by atoms with van der Waals surface area (Å²) in [6, 6.07) is 2.24. The van der Waals surface area contributed by atoms with Gasteiger partial charge < -0.3 is 20.1 Å². The standard InChI is InChI=1S/C27H34O8/c1-5-18(17(4)28)14-35-13-16(3)11-19(29)10-15(2)6-7-21(30)20-12-24(33)25-22(31)8-9-23(32)26(25)27(20)34/h6,8-9,12,16,18,21,30-32H,5,7,10-11,13-14H2,1-4H3/b15-6+/t16?,18?,21-/m0/s1. The van der Waals surface area contributed by atoms with Crippen LogP contribution >= 0.6 is 0 Å². The van der Waals surface area contributed by atoms with E-state index in [4.69, 9.17) is 4.74 Å². The summed E-state index contributed by atoms with van der Waals surface area (Å²) in [5.41, 5.74) is -0.0820. The highest BCUT2D eigenvalue weighted by Crippen LogP contribution is 2.35. The molecule has 0 spiro atoms. The minimum absolute atomic E-state index is 0.000380. The van der Waals surface area contributed by atoms with E-state index in [9.17, 15) is 34.5 Å². The van der Waals surface area contributed by atoms with E-state index in [1.54, 1.807) is 19.9 Å². The lowest BCUT2D eigenvalue weighted by Gasteiger charge is -2.20. The van der Waals surface area contributed by atoms with E-state index < -0.39 is 29.2 Å². The Morgan fingerprint density at radius 1 is 1.06 bits per heavy atom. The van der Waals surface area contributed by atoms with Crippen LogP contribution in [0.5, 0.6) is 11.5 Å². The number of aliphatic hydroxyl groups is 1.